The number of carbonyl (C=O) groups is 2. The molecule has 5 rings (SSSR count). The normalized spacial score (nSPS) is 19.5. The second-order valence-electron chi connectivity index (χ2n) is 8.21. The van der Waals surface area contributed by atoms with Gasteiger partial charge in [0.1, 0.15) is 23.1 Å². The number of urea groups is 1. The van der Waals surface area contributed by atoms with Crippen molar-refractivity contribution in [2.24, 2.45) is 5.92 Å². The monoisotopic (exact) mass is 482 g/mol. The lowest BCUT2D eigenvalue weighted by atomic mass is 10.0. The number of carbonyl (C=O) groups excluding carboxylic acids is 1. The van der Waals surface area contributed by atoms with Gasteiger partial charge in [0.05, 0.1) is 12.8 Å². The molecule has 1 fully saturated rings. The van der Waals surface area contributed by atoms with E-state index in [9.17, 15) is 18.4 Å². The zero-order valence-corrected chi connectivity index (χ0v) is 18.4. The summed E-state index contributed by atoms with van der Waals surface area (Å²) in [6.07, 6.45) is 0.348. The predicted octanol–water partition coefficient (Wildman–Crippen LogP) is 4.56. The first kappa shape index (κ1) is 22.4. The number of nitrogens with one attached hydrogen (secondary N) is 2. The molecule has 0 radical (unpaired) electrons. The molecule has 2 aromatic carbocycles. The molecular weight excluding hydrogens is 462 g/mol. The minimum atomic E-state index is -1.07. The molecule has 2 aliphatic rings. The fraction of sp³-hybridized carbons (Fsp3) is 0.208. The lowest BCUT2D eigenvalue weighted by Crippen LogP contribution is -2.32. The van der Waals surface area contributed by atoms with E-state index < -0.39 is 23.8 Å². The second-order valence-corrected chi connectivity index (χ2v) is 8.21. The van der Waals surface area contributed by atoms with Crippen LogP contribution in [0.5, 0.6) is 17.2 Å². The Labute approximate surface area is 198 Å². The van der Waals surface area contributed by atoms with Gasteiger partial charge in [-0.25, -0.2) is 23.4 Å². The summed E-state index contributed by atoms with van der Waals surface area (Å²) in [5.74, 6) is -0.570. The van der Waals surface area contributed by atoms with Gasteiger partial charge in [0, 0.05) is 36.2 Å². The Hall–Kier alpha value is -4.41. The van der Waals surface area contributed by atoms with Crippen molar-refractivity contribution in [3.8, 4) is 17.2 Å². The smallest absolute Gasteiger partial charge is 0.411 e. The molecule has 11 heteroatoms. The molecule has 3 N–H and O–H groups in total. The van der Waals surface area contributed by atoms with Gasteiger partial charge in [0.2, 0.25) is 0 Å². The average molecular weight is 482 g/mol. The van der Waals surface area contributed by atoms with Crippen LogP contribution in [0.4, 0.5) is 29.9 Å². The zero-order chi connectivity index (χ0) is 24.7. The zero-order valence-electron chi connectivity index (χ0n) is 18.4. The number of hydrogen-bond acceptors (Lipinski definition) is 5. The number of nitrogens with zero attached hydrogens (tertiary/aromatic N) is 2. The summed E-state index contributed by atoms with van der Waals surface area (Å²) < 4.78 is 39.2. The molecular formula is C24H20F2N4O5. The number of benzene rings is 2. The average Bonchev–Trinajstić information content (AvgIpc) is 3.54. The van der Waals surface area contributed by atoms with Gasteiger partial charge in [-0.2, -0.15) is 0 Å². The summed E-state index contributed by atoms with van der Waals surface area (Å²) >= 11 is 0. The van der Waals surface area contributed by atoms with Crippen LogP contribution in [0.2, 0.25) is 0 Å². The third kappa shape index (κ3) is 4.39. The van der Waals surface area contributed by atoms with E-state index in [0.29, 0.717) is 17.2 Å². The Morgan fingerprint density at radius 1 is 1.09 bits per heavy atom. The molecule has 1 aliphatic heterocycles. The van der Waals surface area contributed by atoms with Crippen molar-refractivity contribution in [2.75, 3.05) is 23.9 Å². The summed E-state index contributed by atoms with van der Waals surface area (Å²) in [5, 5.41) is 14.4. The number of aromatic nitrogens is 1. The minimum absolute atomic E-state index is 0.0863. The van der Waals surface area contributed by atoms with Gasteiger partial charge in [0.15, 0.2) is 11.6 Å². The Morgan fingerprint density at radius 2 is 1.80 bits per heavy atom. The lowest BCUT2D eigenvalue weighted by molar-refractivity contribution is 0.203. The predicted molar refractivity (Wildman–Crippen MR) is 121 cm³/mol. The number of rotatable bonds is 5. The standard InChI is InChI=1S/C24H20F2N4O5/c1-30(24(32)33)12-2-4-13(5-3-12)35-14-6-9-18(27-10-14)28-23(31)29-21-15-11-34-22-17(26)8-7-16(25)20(22)19(15)21/h2-10,15,19,21H,11H2,1H3,(H,32,33)(H2,27,28,29,31)/t15-,19-,21-/m1/s1. The summed E-state index contributed by atoms with van der Waals surface area (Å²) in [4.78, 5) is 28.7. The van der Waals surface area contributed by atoms with Gasteiger partial charge in [-0.05, 0) is 48.5 Å². The first-order chi connectivity index (χ1) is 16.8. The molecule has 0 bridgehead atoms. The largest absolute Gasteiger partial charge is 0.490 e. The highest BCUT2D eigenvalue weighted by atomic mass is 19.1. The van der Waals surface area contributed by atoms with Gasteiger partial charge < -0.3 is 19.9 Å². The van der Waals surface area contributed by atoms with Crippen LogP contribution in [0.1, 0.15) is 11.5 Å². The third-order valence-electron chi connectivity index (χ3n) is 6.04. The molecule has 180 valence electrons. The number of halogens is 2. The molecule has 2 heterocycles. The van der Waals surface area contributed by atoms with E-state index in [4.69, 9.17) is 14.6 Å². The highest BCUT2D eigenvalue weighted by Crippen LogP contribution is 2.55. The number of pyridine rings is 1. The van der Waals surface area contributed by atoms with Crippen LogP contribution < -0.4 is 25.0 Å². The van der Waals surface area contributed by atoms with Crippen LogP contribution in [-0.2, 0) is 0 Å². The van der Waals surface area contributed by atoms with Crippen LogP contribution in [-0.4, -0.2) is 41.9 Å². The highest BCUT2D eigenvalue weighted by molar-refractivity contribution is 5.89. The molecule has 0 unspecified atom stereocenters. The Kier molecular flexibility index (Phi) is 5.59. The number of carboxylic acid groups (broad SMARTS) is 1. The van der Waals surface area contributed by atoms with E-state index in [1.165, 1.54) is 13.2 Å². The molecule has 0 saturated heterocycles. The maximum atomic E-state index is 14.2. The highest BCUT2D eigenvalue weighted by Gasteiger charge is 2.57. The van der Waals surface area contributed by atoms with Crippen molar-refractivity contribution in [1.82, 2.24) is 10.3 Å². The van der Waals surface area contributed by atoms with Gasteiger partial charge in [-0.15, -0.1) is 0 Å². The van der Waals surface area contributed by atoms with E-state index in [1.807, 2.05) is 0 Å². The summed E-state index contributed by atoms with van der Waals surface area (Å²) in [6.45, 7) is 0.195. The van der Waals surface area contributed by atoms with E-state index in [1.54, 1.807) is 36.4 Å². The Morgan fingerprint density at radius 3 is 2.49 bits per heavy atom. The first-order valence-electron chi connectivity index (χ1n) is 10.7. The van der Waals surface area contributed by atoms with Gasteiger partial charge in [0.25, 0.3) is 0 Å². The molecule has 35 heavy (non-hydrogen) atoms. The fourth-order valence-corrected chi connectivity index (χ4v) is 4.16. The molecule has 3 aromatic rings. The van der Waals surface area contributed by atoms with E-state index in [2.05, 4.69) is 15.6 Å². The Bertz CT molecular complexity index is 1290. The van der Waals surface area contributed by atoms with Gasteiger partial charge >= 0.3 is 12.1 Å². The van der Waals surface area contributed by atoms with Crippen LogP contribution in [0.25, 0.3) is 0 Å². The van der Waals surface area contributed by atoms with E-state index >= 15 is 0 Å². The molecule has 1 aliphatic carbocycles. The van der Waals surface area contributed by atoms with E-state index in [0.717, 1.165) is 17.0 Å². The molecule has 9 nitrogen and oxygen atoms in total. The van der Waals surface area contributed by atoms with E-state index in [-0.39, 0.29) is 41.6 Å². The number of amides is 3. The number of ether oxygens (including phenoxy) is 2. The number of hydrogen-bond donors (Lipinski definition) is 3. The molecule has 1 saturated carbocycles. The van der Waals surface area contributed by atoms with Crippen molar-refractivity contribution >= 4 is 23.6 Å². The van der Waals surface area contributed by atoms with Crippen LogP contribution >= 0.6 is 0 Å². The quantitative estimate of drug-likeness (QED) is 0.491. The van der Waals surface area contributed by atoms with Gasteiger partial charge in [-0.1, -0.05) is 0 Å². The molecule has 3 atom stereocenters. The third-order valence-corrected chi connectivity index (χ3v) is 6.04. The maximum absolute atomic E-state index is 14.2. The summed E-state index contributed by atoms with van der Waals surface area (Å²) in [6, 6.07) is 10.8. The summed E-state index contributed by atoms with van der Waals surface area (Å²) in [7, 11) is 1.44. The molecule has 3 amide bonds. The molecule has 0 spiro atoms. The van der Waals surface area contributed by atoms with Crippen molar-refractivity contribution in [3.63, 3.8) is 0 Å². The second kappa shape index (κ2) is 8.75. The fourth-order valence-electron chi connectivity index (χ4n) is 4.16. The maximum Gasteiger partial charge on any atom is 0.411 e. The van der Waals surface area contributed by atoms with Crippen molar-refractivity contribution in [3.05, 3.63) is 71.9 Å². The van der Waals surface area contributed by atoms with Crippen LogP contribution in [0.3, 0.4) is 0 Å². The van der Waals surface area contributed by atoms with Crippen molar-refractivity contribution < 1.29 is 33.0 Å². The van der Waals surface area contributed by atoms with Crippen LogP contribution in [0.15, 0.2) is 54.7 Å². The SMILES string of the molecule is CN(C(=O)O)c1ccc(Oc2ccc(NC(=O)N[C@@H]3[C@@H]4COc5c(F)ccc(F)c5[C@@H]43)nc2)cc1. The van der Waals surface area contributed by atoms with Crippen molar-refractivity contribution in [1.29, 1.82) is 0 Å². The Balaban J connectivity index is 1.17. The summed E-state index contributed by atoms with van der Waals surface area (Å²) in [5.41, 5.74) is 0.653. The molecule has 1 aromatic heterocycles. The van der Waals surface area contributed by atoms with Gasteiger partial charge in [-0.3, -0.25) is 10.2 Å². The first-order valence-corrected chi connectivity index (χ1v) is 10.7. The van der Waals surface area contributed by atoms with Crippen LogP contribution in [0, 0.1) is 17.6 Å². The minimum Gasteiger partial charge on any atom is -0.490 e. The topological polar surface area (TPSA) is 113 Å². The van der Waals surface area contributed by atoms with Crippen molar-refractivity contribution in [2.45, 2.75) is 12.0 Å². The number of anilines is 2. The number of fused-ring (bicyclic) bond motifs is 3. The lowest BCUT2D eigenvalue weighted by Gasteiger charge is -2.16.